The Kier molecular flexibility index (Phi) is 5.13. The molecule has 0 saturated carbocycles. The summed E-state index contributed by atoms with van der Waals surface area (Å²) < 4.78 is 0. The number of hydrogen-bond donors (Lipinski definition) is 3. The fourth-order valence-corrected chi connectivity index (χ4v) is 1.34. The number of nitrogens with zero attached hydrogens (tertiary/aromatic N) is 1. The van der Waals surface area contributed by atoms with Crippen molar-refractivity contribution in [1.29, 1.82) is 0 Å². The Morgan fingerprint density at radius 1 is 1.28 bits per heavy atom. The summed E-state index contributed by atoms with van der Waals surface area (Å²) >= 11 is 0. The van der Waals surface area contributed by atoms with Crippen LogP contribution in [0, 0.1) is 0 Å². The summed E-state index contributed by atoms with van der Waals surface area (Å²) in [5.41, 5.74) is 0.354. The molecule has 2 amide bonds. The number of carbonyl (C=O) groups is 2. The van der Waals surface area contributed by atoms with Gasteiger partial charge in [0.15, 0.2) is 0 Å². The molecular formula is C12H17N3O3. The van der Waals surface area contributed by atoms with Gasteiger partial charge in [0.25, 0.3) is 0 Å². The maximum atomic E-state index is 11.5. The Balaban J connectivity index is 2.56. The third kappa shape index (κ3) is 4.42. The van der Waals surface area contributed by atoms with Crippen molar-refractivity contribution in [3.63, 3.8) is 0 Å². The summed E-state index contributed by atoms with van der Waals surface area (Å²) in [7, 11) is 3.80. The Labute approximate surface area is 106 Å². The predicted octanol–water partition coefficient (Wildman–Crippen LogP) is 1.07. The van der Waals surface area contributed by atoms with Gasteiger partial charge in [-0.25, -0.2) is 9.59 Å². The van der Waals surface area contributed by atoms with Gasteiger partial charge in [-0.15, -0.1) is 0 Å². The monoisotopic (exact) mass is 251 g/mol. The van der Waals surface area contributed by atoms with Gasteiger partial charge in [-0.3, -0.25) is 0 Å². The van der Waals surface area contributed by atoms with E-state index in [4.69, 9.17) is 5.11 Å². The number of carbonyl (C=O) groups excluding carboxylic acids is 1. The molecule has 0 aliphatic carbocycles. The molecule has 1 aromatic rings. The Bertz CT molecular complexity index is 432. The molecule has 0 radical (unpaired) electrons. The lowest BCUT2D eigenvalue weighted by Gasteiger charge is -2.12. The topological polar surface area (TPSA) is 81.7 Å². The van der Waals surface area contributed by atoms with Crippen LogP contribution >= 0.6 is 0 Å². The number of rotatable bonds is 5. The van der Waals surface area contributed by atoms with Gasteiger partial charge in [-0.05, 0) is 26.2 Å². The third-order valence-corrected chi connectivity index (χ3v) is 2.25. The molecule has 0 aromatic heterocycles. The number of carboxylic acids is 1. The number of anilines is 1. The lowest BCUT2D eigenvalue weighted by atomic mass is 10.2. The van der Waals surface area contributed by atoms with Crippen LogP contribution in [-0.4, -0.2) is 49.2 Å². The first-order valence-electron chi connectivity index (χ1n) is 5.52. The highest BCUT2D eigenvalue weighted by atomic mass is 16.4. The molecule has 6 nitrogen and oxygen atoms in total. The fourth-order valence-electron chi connectivity index (χ4n) is 1.34. The van der Waals surface area contributed by atoms with Gasteiger partial charge in [0, 0.05) is 13.1 Å². The van der Waals surface area contributed by atoms with E-state index in [0.29, 0.717) is 13.1 Å². The van der Waals surface area contributed by atoms with Gasteiger partial charge in [-0.1, -0.05) is 12.1 Å². The van der Waals surface area contributed by atoms with Crippen molar-refractivity contribution in [1.82, 2.24) is 10.2 Å². The lowest BCUT2D eigenvalue weighted by molar-refractivity contribution is 0.0698. The van der Waals surface area contributed by atoms with Crippen molar-refractivity contribution in [2.24, 2.45) is 0 Å². The van der Waals surface area contributed by atoms with Crippen LogP contribution in [0.4, 0.5) is 10.5 Å². The molecule has 18 heavy (non-hydrogen) atoms. The van der Waals surface area contributed by atoms with Crippen molar-refractivity contribution in [2.75, 3.05) is 32.5 Å². The van der Waals surface area contributed by atoms with E-state index in [9.17, 15) is 9.59 Å². The first-order valence-corrected chi connectivity index (χ1v) is 5.52. The smallest absolute Gasteiger partial charge is 0.337 e. The second-order valence-corrected chi connectivity index (χ2v) is 4.03. The number of para-hydroxylation sites is 1. The number of carboxylic acid groups (broad SMARTS) is 1. The van der Waals surface area contributed by atoms with E-state index in [-0.39, 0.29) is 11.3 Å². The van der Waals surface area contributed by atoms with Gasteiger partial charge < -0.3 is 20.6 Å². The molecule has 0 aliphatic rings. The zero-order valence-corrected chi connectivity index (χ0v) is 10.4. The molecule has 0 saturated heterocycles. The normalized spacial score (nSPS) is 10.2. The van der Waals surface area contributed by atoms with E-state index < -0.39 is 12.0 Å². The third-order valence-electron chi connectivity index (χ3n) is 2.25. The number of aromatic carboxylic acids is 1. The van der Waals surface area contributed by atoms with Crippen molar-refractivity contribution >= 4 is 17.7 Å². The Morgan fingerprint density at radius 2 is 1.94 bits per heavy atom. The number of hydrogen-bond acceptors (Lipinski definition) is 3. The largest absolute Gasteiger partial charge is 0.478 e. The van der Waals surface area contributed by atoms with E-state index in [1.807, 2.05) is 19.0 Å². The van der Waals surface area contributed by atoms with Gasteiger partial charge in [0.05, 0.1) is 11.3 Å². The van der Waals surface area contributed by atoms with Gasteiger partial charge in [0.1, 0.15) is 0 Å². The molecule has 98 valence electrons. The van der Waals surface area contributed by atoms with Crippen LogP contribution in [0.2, 0.25) is 0 Å². The number of benzene rings is 1. The molecule has 6 heteroatoms. The number of amides is 2. The minimum absolute atomic E-state index is 0.0697. The van der Waals surface area contributed by atoms with Crippen molar-refractivity contribution in [2.45, 2.75) is 0 Å². The summed E-state index contributed by atoms with van der Waals surface area (Å²) in [6, 6.07) is 5.86. The molecule has 0 fully saturated rings. The summed E-state index contributed by atoms with van der Waals surface area (Å²) in [5.74, 6) is -1.07. The van der Waals surface area contributed by atoms with Crippen molar-refractivity contribution in [3.8, 4) is 0 Å². The molecule has 0 bridgehead atoms. The molecule has 1 rings (SSSR count). The molecule has 0 atom stereocenters. The van der Waals surface area contributed by atoms with E-state index in [1.54, 1.807) is 18.2 Å². The van der Waals surface area contributed by atoms with Crippen LogP contribution in [-0.2, 0) is 0 Å². The molecule has 0 heterocycles. The van der Waals surface area contributed by atoms with Gasteiger partial charge >= 0.3 is 12.0 Å². The Morgan fingerprint density at radius 3 is 2.56 bits per heavy atom. The summed E-state index contributed by atoms with van der Waals surface area (Å²) in [6.07, 6.45) is 0. The van der Waals surface area contributed by atoms with Gasteiger partial charge in [-0.2, -0.15) is 0 Å². The minimum atomic E-state index is -1.07. The molecule has 0 spiro atoms. The zero-order valence-electron chi connectivity index (χ0n) is 10.4. The van der Waals surface area contributed by atoms with Crippen LogP contribution < -0.4 is 10.6 Å². The second-order valence-electron chi connectivity index (χ2n) is 4.03. The molecule has 0 aliphatic heterocycles. The lowest BCUT2D eigenvalue weighted by Crippen LogP contribution is -2.34. The van der Waals surface area contributed by atoms with Crippen LogP contribution in [0.1, 0.15) is 10.4 Å². The first-order chi connectivity index (χ1) is 8.50. The van der Waals surface area contributed by atoms with E-state index in [0.717, 1.165) is 0 Å². The maximum Gasteiger partial charge on any atom is 0.337 e. The maximum absolute atomic E-state index is 11.5. The SMILES string of the molecule is CN(C)CCNC(=O)Nc1ccccc1C(=O)O. The minimum Gasteiger partial charge on any atom is -0.478 e. The summed E-state index contributed by atoms with van der Waals surface area (Å²) in [6.45, 7) is 1.21. The highest BCUT2D eigenvalue weighted by Gasteiger charge is 2.10. The predicted molar refractivity (Wildman–Crippen MR) is 69.0 cm³/mol. The zero-order chi connectivity index (χ0) is 13.5. The molecular weight excluding hydrogens is 234 g/mol. The van der Waals surface area contributed by atoms with Crippen molar-refractivity contribution in [3.05, 3.63) is 29.8 Å². The summed E-state index contributed by atoms with van der Waals surface area (Å²) in [5, 5.41) is 14.1. The number of urea groups is 1. The molecule has 0 unspecified atom stereocenters. The average Bonchev–Trinajstić information content (AvgIpc) is 2.28. The van der Waals surface area contributed by atoms with Gasteiger partial charge in [0.2, 0.25) is 0 Å². The second kappa shape index (κ2) is 6.61. The van der Waals surface area contributed by atoms with Crippen LogP contribution in [0.5, 0.6) is 0 Å². The Hall–Kier alpha value is -2.08. The van der Waals surface area contributed by atoms with Crippen LogP contribution in [0.25, 0.3) is 0 Å². The van der Waals surface area contributed by atoms with E-state index >= 15 is 0 Å². The van der Waals surface area contributed by atoms with Crippen LogP contribution in [0.15, 0.2) is 24.3 Å². The van der Waals surface area contributed by atoms with Crippen molar-refractivity contribution < 1.29 is 14.7 Å². The van der Waals surface area contributed by atoms with Crippen LogP contribution in [0.3, 0.4) is 0 Å². The molecule has 3 N–H and O–H groups in total. The number of nitrogens with one attached hydrogen (secondary N) is 2. The average molecular weight is 251 g/mol. The fraction of sp³-hybridized carbons (Fsp3) is 0.333. The highest BCUT2D eigenvalue weighted by Crippen LogP contribution is 2.14. The van der Waals surface area contributed by atoms with E-state index in [2.05, 4.69) is 10.6 Å². The molecule has 1 aromatic carbocycles. The first kappa shape index (κ1) is 14.0. The highest BCUT2D eigenvalue weighted by molar-refractivity contribution is 5.99. The standard InChI is InChI=1S/C12H17N3O3/c1-15(2)8-7-13-12(18)14-10-6-4-3-5-9(10)11(16)17/h3-6H,7-8H2,1-2H3,(H,16,17)(H2,13,14,18). The quantitative estimate of drug-likeness (QED) is 0.731. The number of likely N-dealkylation sites (N-methyl/N-ethyl adjacent to an activating group) is 1. The summed E-state index contributed by atoms with van der Waals surface area (Å²) in [4.78, 5) is 24.4. The van der Waals surface area contributed by atoms with E-state index in [1.165, 1.54) is 6.07 Å².